The molecule has 0 bridgehead atoms. The normalized spacial score (nSPS) is 11.5. The zero-order valence-electron chi connectivity index (χ0n) is 26.1. The van der Waals surface area contributed by atoms with Crippen molar-refractivity contribution in [3.05, 3.63) is 142 Å². The number of rotatable bonds is 14. The van der Waals surface area contributed by atoms with Gasteiger partial charge in [-0.1, -0.05) is 74.5 Å². The van der Waals surface area contributed by atoms with Gasteiger partial charge < -0.3 is 9.47 Å². The average molecular weight is 647 g/mol. The smallest absolute Gasteiger partial charge is 0.285 e. The molecule has 3 aromatic heterocycles. The zero-order valence-corrected chi connectivity index (χ0v) is 26.9. The number of nitrogens with one attached hydrogen (secondary N) is 2. The second-order valence-corrected chi connectivity index (χ2v) is 11.1. The fourth-order valence-electron chi connectivity index (χ4n) is 4.49. The van der Waals surface area contributed by atoms with E-state index in [1.165, 1.54) is 0 Å². The second-order valence-electron chi connectivity index (χ2n) is 10.1. The number of ether oxygens (including phenoxy) is 2. The van der Waals surface area contributed by atoms with Gasteiger partial charge in [0.15, 0.2) is 11.5 Å². The summed E-state index contributed by atoms with van der Waals surface area (Å²) in [5, 5.41) is 9.01. The number of amides is 2. The van der Waals surface area contributed by atoms with Crippen LogP contribution in [0.5, 0.6) is 11.5 Å². The lowest BCUT2D eigenvalue weighted by Crippen LogP contribution is -2.21. The molecule has 0 radical (unpaired) electrons. The minimum Gasteiger partial charge on any atom is -0.488 e. The Morgan fingerprint density at radius 3 is 1.32 bits per heavy atom. The van der Waals surface area contributed by atoms with Crippen LogP contribution in [-0.2, 0) is 0 Å². The predicted molar refractivity (Wildman–Crippen MR) is 183 cm³/mol. The maximum absolute atomic E-state index is 13.8. The summed E-state index contributed by atoms with van der Waals surface area (Å²) in [5.74, 6) is -0.715. The van der Waals surface area contributed by atoms with E-state index in [-0.39, 0.29) is 21.3 Å². The molecular formula is C36H34N6O4S. The van der Waals surface area contributed by atoms with E-state index in [1.807, 2.05) is 98.8 Å². The third-order valence-corrected chi connectivity index (χ3v) is 7.83. The van der Waals surface area contributed by atoms with E-state index < -0.39 is 11.8 Å². The lowest BCUT2D eigenvalue weighted by molar-refractivity contribution is 0.0945. The molecule has 2 amide bonds. The maximum Gasteiger partial charge on any atom is 0.285 e. The van der Waals surface area contributed by atoms with E-state index in [2.05, 4.69) is 31.0 Å². The minimum absolute atomic E-state index is 0.155. The van der Waals surface area contributed by atoms with Crippen LogP contribution in [0, 0.1) is 0 Å². The number of aromatic nitrogens is 2. The van der Waals surface area contributed by atoms with Crippen molar-refractivity contribution in [2.75, 3.05) is 13.2 Å². The number of nitrogens with zero attached hydrogens (tertiary/aromatic N) is 4. The highest BCUT2D eigenvalue weighted by Gasteiger charge is 2.30. The summed E-state index contributed by atoms with van der Waals surface area (Å²) < 4.78 is 12.1. The Bertz CT molecular complexity index is 1610. The van der Waals surface area contributed by atoms with Crippen molar-refractivity contribution < 1.29 is 19.1 Å². The van der Waals surface area contributed by atoms with Gasteiger partial charge in [-0.3, -0.25) is 19.6 Å². The van der Waals surface area contributed by atoms with Crippen molar-refractivity contribution in [3.8, 4) is 11.5 Å². The molecule has 0 saturated carbocycles. The van der Waals surface area contributed by atoms with E-state index in [0.29, 0.717) is 37.5 Å². The van der Waals surface area contributed by atoms with Gasteiger partial charge in [-0.2, -0.15) is 10.2 Å². The number of hydrazone groups is 2. The Labute approximate surface area is 277 Å². The van der Waals surface area contributed by atoms with E-state index in [0.717, 1.165) is 33.6 Å². The van der Waals surface area contributed by atoms with Crippen molar-refractivity contribution in [3.63, 3.8) is 0 Å². The van der Waals surface area contributed by atoms with Crippen molar-refractivity contribution in [2.24, 2.45) is 10.2 Å². The summed E-state index contributed by atoms with van der Waals surface area (Å²) in [6, 6.07) is 26.3. The lowest BCUT2D eigenvalue weighted by atomic mass is 10.0. The van der Waals surface area contributed by atoms with E-state index >= 15 is 0 Å². The first kappa shape index (κ1) is 32.7. The maximum atomic E-state index is 13.8. The largest absolute Gasteiger partial charge is 0.488 e. The standard InChI is InChI=1S/C36H34N6O4S/c1-3-23-45-31-32(46-24-4-2)34(36(44)42-40-30(26-13-9-6-10-14-26)28-17-21-38-22-18-28)47-33(31)35(43)41-39-29(25-11-7-5-8-12-25)27-15-19-37-20-16-27/h5-22H,3-4,23-24H2,1-2H3,(H,41,43)(H,42,44)/b39-29+,40-30+. The second kappa shape index (κ2) is 16.6. The molecule has 0 unspecified atom stereocenters. The van der Waals surface area contributed by atoms with Gasteiger partial charge in [-0.05, 0) is 37.1 Å². The van der Waals surface area contributed by atoms with Gasteiger partial charge in [-0.15, -0.1) is 11.3 Å². The number of hydrogen-bond donors (Lipinski definition) is 2. The number of thiophene rings is 1. The molecule has 10 nitrogen and oxygen atoms in total. The number of carbonyl (C=O) groups is 2. The van der Waals surface area contributed by atoms with Gasteiger partial charge in [0.25, 0.3) is 11.8 Å². The van der Waals surface area contributed by atoms with Gasteiger partial charge in [0.05, 0.1) is 24.6 Å². The van der Waals surface area contributed by atoms with Crippen LogP contribution in [0.4, 0.5) is 0 Å². The highest BCUT2D eigenvalue weighted by molar-refractivity contribution is 7.16. The molecule has 11 heteroatoms. The van der Waals surface area contributed by atoms with Crippen molar-refractivity contribution in [1.29, 1.82) is 0 Å². The molecule has 47 heavy (non-hydrogen) atoms. The fourth-order valence-corrected chi connectivity index (χ4v) is 5.46. The van der Waals surface area contributed by atoms with Crippen LogP contribution in [-0.4, -0.2) is 46.4 Å². The van der Waals surface area contributed by atoms with E-state index in [4.69, 9.17) is 9.47 Å². The van der Waals surface area contributed by atoms with Crippen LogP contribution in [0.2, 0.25) is 0 Å². The third kappa shape index (κ3) is 8.33. The first-order chi connectivity index (χ1) is 23.1. The highest BCUT2D eigenvalue weighted by Crippen LogP contribution is 2.43. The molecular weight excluding hydrogens is 613 g/mol. The molecule has 0 saturated heterocycles. The molecule has 3 heterocycles. The number of hydrogen-bond acceptors (Lipinski definition) is 9. The molecule has 2 N–H and O–H groups in total. The third-order valence-electron chi connectivity index (χ3n) is 6.68. The summed E-state index contributed by atoms with van der Waals surface area (Å²) in [6.45, 7) is 4.54. The first-order valence-corrected chi connectivity index (χ1v) is 16.0. The number of carbonyl (C=O) groups excluding carboxylic acids is 2. The predicted octanol–water partition coefficient (Wildman–Crippen LogP) is 6.48. The first-order valence-electron chi connectivity index (χ1n) is 15.2. The summed E-state index contributed by atoms with van der Waals surface area (Å²) in [5.41, 5.74) is 9.61. The SMILES string of the molecule is CCCOc1c(C(=O)N/N=C(\c2ccccc2)c2ccncc2)sc(C(=O)N/N=C(\c2ccccc2)c2ccncc2)c1OCCC. The van der Waals surface area contributed by atoms with Crippen LogP contribution < -0.4 is 20.3 Å². The molecule has 238 valence electrons. The van der Waals surface area contributed by atoms with Crippen LogP contribution in [0.25, 0.3) is 0 Å². The summed E-state index contributed by atoms with van der Waals surface area (Å²) >= 11 is 0.957. The number of pyridine rings is 2. The highest BCUT2D eigenvalue weighted by atomic mass is 32.1. The van der Waals surface area contributed by atoms with Gasteiger partial charge in [-0.25, -0.2) is 10.9 Å². The summed E-state index contributed by atoms with van der Waals surface area (Å²) in [6.07, 6.45) is 8.01. The molecule has 0 atom stereocenters. The Hall–Kier alpha value is -5.68. The fraction of sp³-hybridized carbons (Fsp3) is 0.167. The monoisotopic (exact) mass is 646 g/mol. The molecule has 0 fully saturated rings. The van der Waals surface area contributed by atoms with Crippen LogP contribution >= 0.6 is 11.3 Å². The van der Waals surface area contributed by atoms with Crippen molar-refractivity contribution in [1.82, 2.24) is 20.8 Å². The van der Waals surface area contributed by atoms with Gasteiger partial charge >= 0.3 is 0 Å². The zero-order chi connectivity index (χ0) is 32.8. The van der Waals surface area contributed by atoms with Crippen molar-refractivity contribution >= 4 is 34.6 Å². The topological polar surface area (TPSA) is 127 Å². The average Bonchev–Trinajstić information content (AvgIpc) is 3.50. The Balaban J connectivity index is 1.51. The number of benzene rings is 2. The molecule has 0 aliphatic heterocycles. The Morgan fingerprint density at radius 2 is 0.957 bits per heavy atom. The Kier molecular flexibility index (Phi) is 11.5. The van der Waals surface area contributed by atoms with Gasteiger partial charge in [0, 0.05) is 47.0 Å². The summed E-state index contributed by atoms with van der Waals surface area (Å²) in [4.78, 5) is 36.0. The lowest BCUT2D eigenvalue weighted by Gasteiger charge is -2.11. The quantitative estimate of drug-likeness (QED) is 0.105. The molecule has 0 spiro atoms. The molecule has 5 aromatic rings. The molecule has 0 aliphatic carbocycles. The van der Waals surface area contributed by atoms with Crippen LogP contribution in [0.1, 0.15) is 68.3 Å². The Morgan fingerprint density at radius 1 is 0.596 bits per heavy atom. The van der Waals surface area contributed by atoms with E-state index in [1.54, 1.807) is 24.8 Å². The summed E-state index contributed by atoms with van der Waals surface area (Å²) in [7, 11) is 0. The minimum atomic E-state index is -0.547. The molecule has 0 aliphatic rings. The van der Waals surface area contributed by atoms with Gasteiger partial charge in [0.2, 0.25) is 0 Å². The molecule has 2 aromatic carbocycles. The van der Waals surface area contributed by atoms with E-state index in [9.17, 15) is 9.59 Å². The van der Waals surface area contributed by atoms with Crippen LogP contribution in [0.3, 0.4) is 0 Å². The van der Waals surface area contributed by atoms with Gasteiger partial charge in [0.1, 0.15) is 9.75 Å². The van der Waals surface area contributed by atoms with Crippen molar-refractivity contribution in [2.45, 2.75) is 26.7 Å². The molecule has 5 rings (SSSR count). The van der Waals surface area contributed by atoms with Crippen LogP contribution in [0.15, 0.2) is 120 Å².